The van der Waals surface area contributed by atoms with Crippen LogP contribution in [0, 0.1) is 0 Å². The van der Waals surface area contributed by atoms with E-state index in [1.165, 1.54) is 4.57 Å². The highest BCUT2D eigenvalue weighted by atomic mass is 19.4. The second kappa shape index (κ2) is 11.5. The van der Waals surface area contributed by atoms with Gasteiger partial charge in [-0.1, -0.05) is 12.6 Å². The van der Waals surface area contributed by atoms with Crippen LogP contribution < -0.4 is 10.6 Å². The number of likely N-dealkylation sites (tertiary alicyclic amines) is 1. The molecular formula is C32H43F3N8. The van der Waals surface area contributed by atoms with Crippen molar-refractivity contribution in [3.8, 4) is 0 Å². The van der Waals surface area contributed by atoms with Crippen molar-refractivity contribution in [1.29, 1.82) is 0 Å². The fourth-order valence-corrected chi connectivity index (χ4v) is 5.64. The minimum absolute atomic E-state index is 0.119. The number of benzene rings is 1. The van der Waals surface area contributed by atoms with Crippen LogP contribution in [0.2, 0.25) is 0 Å². The molecule has 0 saturated carbocycles. The zero-order valence-electron chi connectivity index (χ0n) is 26.0. The predicted octanol–water partition coefficient (Wildman–Crippen LogP) is 6.29. The molecule has 5 rings (SSSR count). The molecule has 2 aliphatic rings. The number of piperidine rings is 1. The van der Waals surface area contributed by atoms with Crippen molar-refractivity contribution in [2.75, 3.05) is 31.5 Å². The van der Waals surface area contributed by atoms with Crippen LogP contribution in [0.25, 0.3) is 16.6 Å². The maximum Gasteiger partial charge on any atom is 0.406 e. The molecule has 0 atom stereocenters. The van der Waals surface area contributed by atoms with Gasteiger partial charge < -0.3 is 15.2 Å². The van der Waals surface area contributed by atoms with Crippen LogP contribution in [-0.4, -0.2) is 74.7 Å². The summed E-state index contributed by atoms with van der Waals surface area (Å²) < 4.78 is 44.6. The van der Waals surface area contributed by atoms with Gasteiger partial charge in [-0.15, -0.1) is 0 Å². The summed E-state index contributed by atoms with van der Waals surface area (Å²) in [5.41, 5.74) is 3.98. The van der Waals surface area contributed by atoms with Gasteiger partial charge in [0.2, 0.25) is 0 Å². The molecular weight excluding hydrogens is 553 g/mol. The van der Waals surface area contributed by atoms with Crippen molar-refractivity contribution >= 4 is 33.8 Å². The van der Waals surface area contributed by atoms with Crippen LogP contribution in [0.15, 0.2) is 53.2 Å². The minimum atomic E-state index is -4.40. The molecule has 0 aliphatic carbocycles. The summed E-state index contributed by atoms with van der Waals surface area (Å²) in [4.78, 5) is 11.7. The zero-order chi connectivity index (χ0) is 31.2. The van der Waals surface area contributed by atoms with Crippen LogP contribution in [0.4, 0.5) is 18.9 Å². The average Bonchev–Trinajstić information content (AvgIpc) is 3.66. The number of alkyl halides is 3. The smallest absolute Gasteiger partial charge is 0.382 e. The van der Waals surface area contributed by atoms with E-state index in [0.29, 0.717) is 35.8 Å². The number of anilines is 1. The van der Waals surface area contributed by atoms with Gasteiger partial charge in [-0.2, -0.15) is 18.3 Å². The van der Waals surface area contributed by atoms with Crippen LogP contribution in [0.3, 0.4) is 0 Å². The molecule has 2 N–H and O–H groups in total. The first kappa shape index (κ1) is 30.8. The summed E-state index contributed by atoms with van der Waals surface area (Å²) >= 11 is 0. The van der Waals surface area contributed by atoms with Crippen molar-refractivity contribution in [3.63, 3.8) is 0 Å². The zero-order valence-corrected chi connectivity index (χ0v) is 26.0. The second-order valence-corrected chi connectivity index (χ2v) is 13.5. The van der Waals surface area contributed by atoms with Gasteiger partial charge >= 0.3 is 6.18 Å². The standard InChI is InChI=1S/C32H43F3N8/c1-21(22-16-38-43(19-22)31(5,6)7)36-17-24-18-37-29(40-24)28-15-25-26(9-8-10-27(25)42(28)20-32(33,34)35)39-23-11-13-41(14-12-23)30(2,3)4/h8-10,15-16,19,23,36,39H,1,11-14,17-18,20H2,2-7H3. The molecule has 0 radical (unpaired) electrons. The van der Waals surface area contributed by atoms with Gasteiger partial charge in [0.05, 0.1) is 41.7 Å². The normalized spacial score (nSPS) is 17.3. The number of hydrogen-bond donors (Lipinski definition) is 2. The van der Waals surface area contributed by atoms with Crippen LogP contribution in [0.5, 0.6) is 0 Å². The first-order chi connectivity index (χ1) is 20.1. The molecule has 0 bridgehead atoms. The Labute approximate surface area is 251 Å². The monoisotopic (exact) mass is 596 g/mol. The molecule has 8 nitrogen and oxygen atoms in total. The summed E-state index contributed by atoms with van der Waals surface area (Å²) in [5, 5.41) is 12.1. The van der Waals surface area contributed by atoms with Crippen LogP contribution in [0.1, 0.15) is 65.6 Å². The van der Waals surface area contributed by atoms with Crippen molar-refractivity contribution in [1.82, 2.24) is 24.6 Å². The van der Waals surface area contributed by atoms with Gasteiger partial charge in [0, 0.05) is 53.2 Å². The number of aliphatic imine (C=N–C) groups is 2. The lowest BCUT2D eigenvalue weighted by Gasteiger charge is -2.41. The summed E-state index contributed by atoms with van der Waals surface area (Å²) in [5.74, 6) is 0.313. The molecule has 0 unspecified atom stereocenters. The number of nitrogens with one attached hydrogen (secondary N) is 2. The molecule has 1 saturated heterocycles. The molecule has 11 heteroatoms. The van der Waals surface area contributed by atoms with Gasteiger partial charge in [0.1, 0.15) is 6.54 Å². The quantitative estimate of drug-likeness (QED) is 0.321. The maximum absolute atomic E-state index is 13.8. The first-order valence-electron chi connectivity index (χ1n) is 14.9. The van der Waals surface area contributed by atoms with E-state index in [1.54, 1.807) is 18.3 Å². The lowest BCUT2D eigenvalue weighted by Crippen LogP contribution is -2.48. The third-order valence-corrected chi connectivity index (χ3v) is 8.12. The van der Waals surface area contributed by atoms with Gasteiger partial charge in [-0.25, -0.2) is 4.99 Å². The average molecular weight is 597 g/mol. The van der Waals surface area contributed by atoms with Crippen LogP contribution in [-0.2, 0) is 12.1 Å². The topological polar surface area (TPSA) is 74.8 Å². The fourth-order valence-electron chi connectivity index (χ4n) is 5.64. The van der Waals surface area contributed by atoms with E-state index >= 15 is 0 Å². The number of amidine groups is 1. The summed E-state index contributed by atoms with van der Waals surface area (Å²) in [7, 11) is 0. The molecule has 1 fully saturated rings. The lowest BCUT2D eigenvalue weighted by molar-refractivity contribution is -0.139. The highest BCUT2D eigenvalue weighted by molar-refractivity contribution is 6.14. The summed E-state index contributed by atoms with van der Waals surface area (Å²) in [6, 6.07) is 7.55. The molecule has 4 heterocycles. The Morgan fingerprint density at radius 3 is 2.40 bits per heavy atom. The van der Waals surface area contributed by atoms with E-state index in [4.69, 9.17) is 0 Å². The first-order valence-corrected chi connectivity index (χ1v) is 14.9. The Morgan fingerprint density at radius 2 is 1.77 bits per heavy atom. The SMILES string of the molecule is C=C(NCC1=NC(c2cc3c(NC4CCN(C(C)(C)C)CC4)cccc3n2CC(F)(F)F)=NC1)c1cnn(C(C)(C)C)c1. The maximum atomic E-state index is 13.8. The number of hydrogen-bond acceptors (Lipinski definition) is 6. The highest BCUT2D eigenvalue weighted by Crippen LogP contribution is 2.33. The van der Waals surface area contributed by atoms with E-state index in [0.717, 1.165) is 48.3 Å². The highest BCUT2D eigenvalue weighted by Gasteiger charge is 2.32. The number of fused-ring (bicyclic) bond motifs is 1. The van der Waals surface area contributed by atoms with E-state index in [9.17, 15) is 13.2 Å². The number of rotatable bonds is 8. The molecule has 0 amide bonds. The van der Waals surface area contributed by atoms with Gasteiger partial charge in [0.25, 0.3) is 0 Å². The molecule has 0 spiro atoms. The van der Waals surface area contributed by atoms with Gasteiger partial charge in [-0.3, -0.25) is 14.6 Å². The van der Waals surface area contributed by atoms with Gasteiger partial charge in [0.15, 0.2) is 5.84 Å². The van der Waals surface area contributed by atoms with E-state index in [1.807, 2.05) is 23.0 Å². The molecule has 3 aromatic rings. The van der Waals surface area contributed by atoms with Crippen LogP contribution >= 0.6 is 0 Å². The van der Waals surface area contributed by atoms with E-state index in [-0.39, 0.29) is 17.1 Å². The fraction of sp³-hybridized carbons (Fsp3) is 0.531. The molecule has 2 aromatic heterocycles. The third kappa shape index (κ3) is 7.14. The minimum Gasteiger partial charge on any atom is -0.382 e. The third-order valence-electron chi connectivity index (χ3n) is 8.12. The molecule has 2 aliphatic heterocycles. The summed E-state index contributed by atoms with van der Waals surface area (Å²) in [6.07, 6.45) is 1.24. The number of halogens is 3. The van der Waals surface area contributed by atoms with Gasteiger partial charge in [-0.05, 0) is 72.6 Å². The molecule has 43 heavy (non-hydrogen) atoms. The second-order valence-electron chi connectivity index (χ2n) is 13.5. The Kier molecular flexibility index (Phi) is 8.24. The Hall–Kier alpha value is -3.60. The van der Waals surface area contributed by atoms with Crippen molar-refractivity contribution in [3.05, 3.63) is 54.5 Å². The predicted molar refractivity (Wildman–Crippen MR) is 169 cm³/mol. The molecule has 232 valence electrons. The Balaban J connectivity index is 1.34. The lowest BCUT2D eigenvalue weighted by atomic mass is 9.97. The van der Waals surface area contributed by atoms with Crippen molar-refractivity contribution < 1.29 is 13.2 Å². The Morgan fingerprint density at radius 1 is 1.05 bits per heavy atom. The Bertz CT molecular complexity index is 1540. The van der Waals surface area contributed by atoms with Crippen molar-refractivity contribution in [2.45, 2.75) is 84.2 Å². The number of aromatic nitrogens is 3. The summed E-state index contributed by atoms with van der Waals surface area (Å²) in [6.45, 7) is 18.5. The molecule has 1 aromatic carbocycles. The van der Waals surface area contributed by atoms with Crippen molar-refractivity contribution in [2.24, 2.45) is 9.98 Å². The largest absolute Gasteiger partial charge is 0.406 e. The number of nitrogens with zero attached hydrogens (tertiary/aromatic N) is 6. The van der Waals surface area contributed by atoms with E-state index in [2.05, 4.69) is 78.7 Å². The van der Waals surface area contributed by atoms with E-state index < -0.39 is 12.7 Å².